The maximum Gasteiger partial charge on any atom is 0.238 e. The molecule has 0 aliphatic carbocycles. The van der Waals surface area contributed by atoms with E-state index in [1.807, 2.05) is 48.5 Å². The normalized spacial score (nSPS) is 16.1. The summed E-state index contributed by atoms with van der Waals surface area (Å²) in [5.74, 6) is 0.256. The number of hydrogen-bond donors (Lipinski definition) is 0. The molecule has 1 amide bonds. The lowest BCUT2D eigenvalue weighted by Gasteiger charge is -2.15. The maximum atomic E-state index is 12.4. The number of para-hydroxylation sites is 1. The van der Waals surface area contributed by atoms with Crippen molar-refractivity contribution in [1.82, 2.24) is 9.88 Å². The summed E-state index contributed by atoms with van der Waals surface area (Å²) >= 11 is 3.03. The zero-order chi connectivity index (χ0) is 17.2. The van der Waals surface area contributed by atoms with Crippen LogP contribution in [0.4, 0.5) is 0 Å². The van der Waals surface area contributed by atoms with Crippen LogP contribution in [-0.4, -0.2) is 33.9 Å². The molecule has 1 fully saturated rings. The van der Waals surface area contributed by atoms with E-state index < -0.39 is 0 Å². The third kappa shape index (κ3) is 3.36. The molecule has 0 spiro atoms. The number of fused-ring (bicyclic) bond motifs is 1. The van der Waals surface area contributed by atoms with Crippen molar-refractivity contribution in [2.24, 2.45) is 0 Å². The van der Waals surface area contributed by atoms with E-state index in [4.69, 9.17) is 0 Å². The van der Waals surface area contributed by atoms with E-state index in [9.17, 15) is 9.59 Å². The summed E-state index contributed by atoms with van der Waals surface area (Å²) in [6.45, 7) is 0.0621. The van der Waals surface area contributed by atoms with Gasteiger partial charge in [0.2, 0.25) is 5.91 Å². The standard InChI is InChI=1S/C19H14N2O2S2/c22-15(13-6-2-1-3-7-13)11-21-18(23)12-24-19(21)10-17-20-14-8-4-5-9-16(14)25-17/h1-10H,11-12H2. The number of Topliss-reactive ketones (excluding diaryl/α,β-unsaturated/α-hetero) is 1. The second-order valence-electron chi connectivity index (χ2n) is 5.56. The molecule has 0 bridgehead atoms. The van der Waals surface area contributed by atoms with Crippen molar-refractivity contribution in [2.45, 2.75) is 0 Å². The van der Waals surface area contributed by atoms with Gasteiger partial charge in [0, 0.05) is 11.6 Å². The quantitative estimate of drug-likeness (QED) is 0.654. The third-order valence-electron chi connectivity index (χ3n) is 3.87. The molecule has 1 aromatic heterocycles. The zero-order valence-corrected chi connectivity index (χ0v) is 14.8. The number of benzene rings is 2. The van der Waals surface area contributed by atoms with Crippen LogP contribution >= 0.6 is 23.1 Å². The molecule has 0 N–H and O–H groups in total. The lowest BCUT2D eigenvalue weighted by Crippen LogP contribution is -2.30. The molecule has 1 aliphatic heterocycles. The number of ketones is 1. The first-order valence-corrected chi connectivity index (χ1v) is 9.59. The van der Waals surface area contributed by atoms with Gasteiger partial charge in [-0.1, -0.05) is 54.2 Å². The number of aromatic nitrogens is 1. The Labute approximate surface area is 153 Å². The van der Waals surface area contributed by atoms with Crippen molar-refractivity contribution in [3.63, 3.8) is 0 Å². The van der Waals surface area contributed by atoms with Crippen LogP contribution in [-0.2, 0) is 4.79 Å². The number of carbonyl (C=O) groups excluding carboxylic acids is 2. The number of rotatable bonds is 4. The van der Waals surface area contributed by atoms with Gasteiger partial charge < -0.3 is 0 Å². The topological polar surface area (TPSA) is 50.3 Å². The number of thiazole rings is 1. The molecule has 0 radical (unpaired) electrons. The highest BCUT2D eigenvalue weighted by Gasteiger charge is 2.29. The second-order valence-corrected chi connectivity index (χ2v) is 7.62. The molecule has 1 aliphatic rings. The third-order valence-corrected chi connectivity index (χ3v) is 5.87. The van der Waals surface area contributed by atoms with Gasteiger partial charge in [-0.05, 0) is 12.1 Å². The average Bonchev–Trinajstić information content (AvgIpc) is 3.20. The Balaban J connectivity index is 1.60. The number of carbonyl (C=O) groups is 2. The smallest absolute Gasteiger partial charge is 0.238 e. The fourth-order valence-corrected chi connectivity index (χ4v) is 4.54. The maximum absolute atomic E-state index is 12.4. The molecular weight excluding hydrogens is 352 g/mol. The first-order chi connectivity index (χ1) is 12.2. The Morgan fingerprint density at radius 2 is 1.88 bits per heavy atom. The number of hydrogen-bond acceptors (Lipinski definition) is 5. The molecule has 0 atom stereocenters. The SMILES string of the molecule is O=C(CN1C(=O)CSC1=Cc1nc2ccccc2s1)c1ccccc1. The molecule has 0 unspecified atom stereocenters. The molecular formula is C19H14N2O2S2. The summed E-state index contributed by atoms with van der Waals surface area (Å²) in [7, 11) is 0. The van der Waals surface area contributed by atoms with Gasteiger partial charge in [0.15, 0.2) is 5.78 Å². The molecule has 2 heterocycles. The minimum atomic E-state index is -0.0633. The minimum absolute atomic E-state index is 0.0401. The van der Waals surface area contributed by atoms with Crippen molar-refractivity contribution in [2.75, 3.05) is 12.3 Å². The van der Waals surface area contributed by atoms with Crippen molar-refractivity contribution >= 4 is 51.1 Å². The molecule has 0 saturated carbocycles. The average molecular weight is 366 g/mol. The Hall–Kier alpha value is -2.44. The highest BCUT2D eigenvalue weighted by atomic mass is 32.2. The van der Waals surface area contributed by atoms with Crippen LogP contribution in [0.15, 0.2) is 59.6 Å². The highest BCUT2D eigenvalue weighted by Crippen LogP contribution is 2.32. The summed E-state index contributed by atoms with van der Waals surface area (Å²) in [4.78, 5) is 30.8. The Morgan fingerprint density at radius 1 is 1.12 bits per heavy atom. The summed E-state index contributed by atoms with van der Waals surface area (Å²) in [6.07, 6.45) is 1.90. The number of thioether (sulfide) groups is 1. The van der Waals surface area contributed by atoms with Crippen molar-refractivity contribution in [1.29, 1.82) is 0 Å². The van der Waals surface area contributed by atoms with E-state index >= 15 is 0 Å². The lowest BCUT2D eigenvalue weighted by atomic mass is 10.1. The molecule has 2 aromatic carbocycles. The van der Waals surface area contributed by atoms with Gasteiger partial charge >= 0.3 is 0 Å². The van der Waals surface area contributed by atoms with Gasteiger partial charge in [0.25, 0.3) is 0 Å². The van der Waals surface area contributed by atoms with Crippen LogP contribution in [0, 0.1) is 0 Å². The van der Waals surface area contributed by atoms with Crippen LogP contribution in [0.1, 0.15) is 15.4 Å². The van der Waals surface area contributed by atoms with E-state index in [0.717, 1.165) is 20.3 Å². The molecule has 25 heavy (non-hydrogen) atoms. The summed E-state index contributed by atoms with van der Waals surface area (Å²) in [5, 5.41) is 1.63. The second kappa shape index (κ2) is 6.82. The van der Waals surface area contributed by atoms with Gasteiger partial charge in [-0.2, -0.15) is 0 Å². The van der Waals surface area contributed by atoms with E-state index in [2.05, 4.69) is 4.98 Å². The molecule has 3 aromatic rings. The first-order valence-electron chi connectivity index (χ1n) is 7.79. The summed E-state index contributed by atoms with van der Waals surface area (Å²) in [5.41, 5.74) is 1.56. The van der Waals surface area contributed by atoms with Crippen LogP contribution in [0.3, 0.4) is 0 Å². The fraction of sp³-hybridized carbons (Fsp3) is 0.105. The van der Waals surface area contributed by atoms with Crippen molar-refractivity contribution in [3.8, 4) is 0 Å². The zero-order valence-electron chi connectivity index (χ0n) is 13.2. The van der Waals surface area contributed by atoms with Crippen LogP contribution in [0.2, 0.25) is 0 Å². The van der Waals surface area contributed by atoms with Gasteiger partial charge in [0.05, 0.1) is 27.5 Å². The van der Waals surface area contributed by atoms with Gasteiger partial charge in [-0.25, -0.2) is 4.98 Å². The number of nitrogens with zero attached hydrogens (tertiary/aromatic N) is 2. The molecule has 4 nitrogen and oxygen atoms in total. The predicted octanol–water partition coefficient (Wildman–Crippen LogP) is 4.05. The highest BCUT2D eigenvalue weighted by molar-refractivity contribution is 8.04. The molecule has 4 rings (SSSR count). The monoisotopic (exact) mass is 366 g/mol. The van der Waals surface area contributed by atoms with Crippen molar-refractivity contribution < 1.29 is 9.59 Å². The minimum Gasteiger partial charge on any atom is -0.298 e. The van der Waals surface area contributed by atoms with E-state index in [-0.39, 0.29) is 18.2 Å². The Morgan fingerprint density at radius 3 is 2.68 bits per heavy atom. The van der Waals surface area contributed by atoms with E-state index in [1.165, 1.54) is 11.8 Å². The lowest BCUT2D eigenvalue weighted by molar-refractivity contribution is -0.125. The molecule has 124 valence electrons. The van der Waals surface area contributed by atoms with Crippen LogP contribution in [0.5, 0.6) is 0 Å². The van der Waals surface area contributed by atoms with E-state index in [1.54, 1.807) is 28.4 Å². The predicted molar refractivity (Wildman–Crippen MR) is 103 cm³/mol. The fourth-order valence-electron chi connectivity index (χ4n) is 2.62. The Kier molecular flexibility index (Phi) is 4.38. The van der Waals surface area contributed by atoms with Gasteiger partial charge in [0.1, 0.15) is 5.01 Å². The van der Waals surface area contributed by atoms with Crippen LogP contribution < -0.4 is 0 Å². The van der Waals surface area contributed by atoms with Gasteiger partial charge in [-0.3, -0.25) is 14.5 Å². The van der Waals surface area contributed by atoms with E-state index in [0.29, 0.717) is 11.3 Å². The molecule has 6 heteroatoms. The molecule has 1 saturated heterocycles. The van der Waals surface area contributed by atoms with Gasteiger partial charge in [-0.15, -0.1) is 11.3 Å². The summed E-state index contributed by atoms with van der Waals surface area (Å²) in [6, 6.07) is 17.0. The van der Waals surface area contributed by atoms with Crippen LogP contribution in [0.25, 0.3) is 16.3 Å². The number of amides is 1. The largest absolute Gasteiger partial charge is 0.298 e. The Bertz CT molecular complexity index is 946. The summed E-state index contributed by atoms with van der Waals surface area (Å²) < 4.78 is 1.11. The first kappa shape index (κ1) is 16.1. The van der Waals surface area contributed by atoms with Crippen molar-refractivity contribution in [3.05, 3.63) is 70.2 Å².